The molecule has 2 aromatic carbocycles. The molecule has 0 aromatic heterocycles. The van der Waals surface area contributed by atoms with E-state index in [0.717, 1.165) is 31.4 Å². The van der Waals surface area contributed by atoms with Gasteiger partial charge in [0.15, 0.2) is 0 Å². The molecule has 1 aliphatic heterocycles. The zero-order valence-corrected chi connectivity index (χ0v) is 18.5. The van der Waals surface area contributed by atoms with Crippen molar-refractivity contribution in [1.82, 2.24) is 4.72 Å². The van der Waals surface area contributed by atoms with Crippen LogP contribution in [0, 0.1) is 11.3 Å². The lowest BCUT2D eigenvalue weighted by Gasteiger charge is -2.31. The number of carbonyl (C=O) groups is 1. The number of hydrogen-bond acceptors (Lipinski definition) is 5. The number of nitrogens with zero attached hydrogens (tertiary/aromatic N) is 2. The van der Waals surface area contributed by atoms with Gasteiger partial charge >= 0.3 is 6.18 Å². The minimum Gasteiger partial charge on any atom is -0.370 e. The number of sulfonamides is 1. The second kappa shape index (κ2) is 10.2. The van der Waals surface area contributed by atoms with E-state index in [4.69, 9.17) is 5.26 Å². The minimum absolute atomic E-state index is 0.00998. The highest BCUT2D eigenvalue weighted by atomic mass is 32.2. The summed E-state index contributed by atoms with van der Waals surface area (Å²) in [5, 5.41) is 11.1. The summed E-state index contributed by atoms with van der Waals surface area (Å²) in [6.45, 7) is 1.31. The van der Waals surface area contributed by atoms with Crippen molar-refractivity contribution in [2.75, 3.05) is 29.9 Å². The van der Waals surface area contributed by atoms with Gasteiger partial charge in [0.25, 0.3) is 5.91 Å². The molecule has 0 saturated carbocycles. The Morgan fingerprint density at radius 2 is 1.73 bits per heavy atom. The third-order valence-corrected chi connectivity index (χ3v) is 6.70. The topological polar surface area (TPSA) is 102 Å². The van der Waals surface area contributed by atoms with Gasteiger partial charge in [-0.25, -0.2) is 13.1 Å². The van der Waals surface area contributed by atoms with Gasteiger partial charge in [-0.3, -0.25) is 4.79 Å². The predicted molar refractivity (Wildman–Crippen MR) is 117 cm³/mol. The fourth-order valence-corrected chi connectivity index (χ4v) is 4.56. The van der Waals surface area contributed by atoms with Crippen LogP contribution in [-0.2, 0) is 16.2 Å². The average molecular weight is 481 g/mol. The lowest BCUT2D eigenvalue weighted by Crippen LogP contribution is -2.30. The average Bonchev–Trinajstić information content (AvgIpc) is 2.79. The highest BCUT2D eigenvalue weighted by Gasteiger charge is 2.32. The minimum atomic E-state index is -4.56. The number of nitriles is 1. The predicted octanol–water partition coefficient (Wildman–Crippen LogP) is 4.14. The quantitative estimate of drug-likeness (QED) is 0.580. The number of carbonyl (C=O) groups excluding carboxylic acids is 1. The van der Waals surface area contributed by atoms with Crippen molar-refractivity contribution in [3.63, 3.8) is 0 Å². The number of anilines is 2. The third-order valence-electron chi connectivity index (χ3n) is 5.22. The summed E-state index contributed by atoms with van der Waals surface area (Å²) in [7, 11) is -3.84. The van der Waals surface area contributed by atoms with Crippen molar-refractivity contribution >= 4 is 27.3 Å². The van der Waals surface area contributed by atoms with E-state index in [9.17, 15) is 26.4 Å². The van der Waals surface area contributed by atoms with Crippen LogP contribution < -0.4 is 14.9 Å². The summed E-state index contributed by atoms with van der Waals surface area (Å²) in [6.07, 6.45) is -1.69. The molecule has 1 aliphatic rings. The zero-order valence-electron chi connectivity index (χ0n) is 17.7. The van der Waals surface area contributed by atoms with Crippen LogP contribution in [0.3, 0.4) is 0 Å². The lowest BCUT2D eigenvalue weighted by molar-refractivity contribution is -0.137. The number of halogens is 3. The Balaban J connectivity index is 1.83. The van der Waals surface area contributed by atoms with Crippen molar-refractivity contribution in [3.05, 3.63) is 53.6 Å². The van der Waals surface area contributed by atoms with Gasteiger partial charge in [0.2, 0.25) is 10.0 Å². The molecular formula is C22H23F3N4O3S. The third kappa shape index (κ3) is 6.24. The number of benzene rings is 2. The standard InChI is InChI=1S/C22H23F3N4O3S/c23-22(24,25)17-7-10-20(29-13-2-1-3-14-29)19(15-17)28-21(30)16-5-8-18(9-6-16)33(31,32)27-12-4-11-26/h5-10,15,27H,1-4,12-14H2,(H,28,30). The summed E-state index contributed by atoms with van der Waals surface area (Å²) in [6, 6.07) is 10.1. The second-order valence-corrected chi connectivity index (χ2v) is 9.33. The van der Waals surface area contributed by atoms with E-state index in [1.165, 1.54) is 30.3 Å². The van der Waals surface area contributed by atoms with Crippen LogP contribution in [0.1, 0.15) is 41.6 Å². The molecule has 0 radical (unpaired) electrons. The molecule has 3 rings (SSSR count). The molecule has 2 aromatic rings. The first-order valence-electron chi connectivity index (χ1n) is 10.4. The monoisotopic (exact) mass is 480 g/mol. The number of hydrogen-bond donors (Lipinski definition) is 2. The van der Waals surface area contributed by atoms with Gasteiger partial charge < -0.3 is 10.2 Å². The number of rotatable bonds is 7. The molecule has 7 nitrogen and oxygen atoms in total. The van der Waals surface area contributed by atoms with E-state index in [1.54, 1.807) is 0 Å². The van der Waals surface area contributed by atoms with Crippen LogP contribution in [0.2, 0.25) is 0 Å². The molecule has 0 aliphatic carbocycles. The molecule has 1 heterocycles. The van der Waals surface area contributed by atoms with E-state index in [0.29, 0.717) is 18.8 Å². The summed E-state index contributed by atoms with van der Waals surface area (Å²) in [5.41, 5.74) is -0.222. The molecule has 11 heteroatoms. The molecule has 2 N–H and O–H groups in total. The Labute approximate surface area is 190 Å². The number of nitrogens with one attached hydrogen (secondary N) is 2. The number of alkyl halides is 3. The number of piperidine rings is 1. The first-order chi connectivity index (χ1) is 15.6. The van der Waals surface area contributed by atoms with Gasteiger partial charge in [-0.05, 0) is 61.7 Å². The van der Waals surface area contributed by atoms with Crippen LogP contribution in [0.15, 0.2) is 47.4 Å². The van der Waals surface area contributed by atoms with Crippen molar-refractivity contribution in [3.8, 4) is 6.07 Å². The first kappa shape index (κ1) is 24.5. The lowest BCUT2D eigenvalue weighted by atomic mass is 10.1. The Kier molecular flexibility index (Phi) is 7.61. The summed E-state index contributed by atoms with van der Waals surface area (Å²) < 4.78 is 66.4. The number of amides is 1. The van der Waals surface area contributed by atoms with Gasteiger partial charge in [0.1, 0.15) is 0 Å². The molecule has 0 bridgehead atoms. The van der Waals surface area contributed by atoms with Crippen molar-refractivity contribution < 1.29 is 26.4 Å². The molecule has 0 unspecified atom stereocenters. The molecule has 176 valence electrons. The van der Waals surface area contributed by atoms with Crippen LogP contribution in [0.25, 0.3) is 0 Å². The van der Waals surface area contributed by atoms with Gasteiger partial charge in [-0.15, -0.1) is 0 Å². The highest BCUT2D eigenvalue weighted by molar-refractivity contribution is 7.89. The fourth-order valence-electron chi connectivity index (χ4n) is 3.53. The van der Waals surface area contributed by atoms with Crippen molar-refractivity contribution in [1.29, 1.82) is 5.26 Å². The zero-order chi connectivity index (χ0) is 24.1. The van der Waals surface area contributed by atoms with Crippen LogP contribution >= 0.6 is 0 Å². The van der Waals surface area contributed by atoms with Gasteiger partial charge in [0.05, 0.1) is 27.9 Å². The molecule has 33 heavy (non-hydrogen) atoms. The van der Waals surface area contributed by atoms with Crippen LogP contribution in [-0.4, -0.2) is 34.0 Å². The van der Waals surface area contributed by atoms with Gasteiger partial charge in [-0.2, -0.15) is 18.4 Å². The van der Waals surface area contributed by atoms with Crippen LogP contribution in [0.4, 0.5) is 24.5 Å². The van der Waals surface area contributed by atoms with Gasteiger partial charge in [0, 0.05) is 31.6 Å². The Bertz CT molecular complexity index is 1140. The van der Waals surface area contributed by atoms with Gasteiger partial charge in [-0.1, -0.05) is 0 Å². The largest absolute Gasteiger partial charge is 0.416 e. The molecule has 1 amide bonds. The molecule has 0 spiro atoms. The molecule has 1 fully saturated rings. The second-order valence-electron chi connectivity index (χ2n) is 7.56. The summed E-state index contributed by atoms with van der Waals surface area (Å²) >= 11 is 0. The molecule has 0 atom stereocenters. The summed E-state index contributed by atoms with van der Waals surface area (Å²) in [4.78, 5) is 14.6. The van der Waals surface area contributed by atoms with E-state index >= 15 is 0 Å². The Morgan fingerprint density at radius 3 is 2.33 bits per heavy atom. The summed E-state index contributed by atoms with van der Waals surface area (Å²) in [5.74, 6) is -0.658. The SMILES string of the molecule is N#CCCNS(=O)(=O)c1ccc(C(=O)Nc2cc(C(F)(F)F)ccc2N2CCCCC2)cc1. The maximum absolute atomic E-state index is 13.3. The maximum atomic E-state index is 13.3. The van der Waals surface area contributed by atoms with Crippen molar-refractivity contribution in [2.45, 2.75) is 36.8 Å². The van der Waals surface area contributed by atoms with Crippen molar-refractivity contribution in [2.24, 2.45) is 0 Å². The normalized spacial score (nSPS) is 14.5. The van der Waals surface area contributed by atoms with E-state index in [1.807, 2.05) is 11.0 Å². The Morgan fingerprint density at radius 1 is 1.06 bits per heavy atom. The molecule has 1 saturated heterocycles. The first-order valence-corrected chi connectivity index (χ1v) is 11.8. The van der Waals surface area contributed by atoms with E-state index in [-0.39, 0.29) is 29.1 Å². The smallest absolute Gasteiger partial charge is 0.370 e. The Hall–Kier alpha value is -3.10. The maximum Gasteiger partial charge on any atom is 0.416 e. The highest BCUT2D eigenvalue weighted by Crippen LogP contribution is 2.36. The van der Waals surface area contributed by atoms with Crippen LogP contribution in [0.5, 0.6) is 0 Å². The molecular weight excluding hydrogens is 457 g/mol. The fraction of sp³-hybridized carbons (Fsp3) is 0.364. The van der Waals surface area contributed by atoms with E-state index < -0.39 is 27.7 Å². The van der Waals surface area contributed by atoms with E-state index in [2.05, 4.69) is 10.0 Å².